The van der Waals surface area contributed by atoms with E-state index in [1.165, 1.54) is 110 Å². The van der Waals surface area contributed by atoms with Crippen LogP contribution < -0.4 is 0 Å². The molecule has 0 unspecified atom stereocenters. The van der Waals surface area contributed by atoms with Crippen LogP contribution in [0.3, 0.4) is 0 Å². The molecule has 2 nitrogen and oxygen atoms in total. The fraction of sp³-hybridized carbons (Fsp3) is 0.600. The van der Waals surface area contributed by atoms with E-state index in [9.17, 15) is 5.53 Å². The van der Waals surface area contributed by atoms with Crippen LogP contribution in [0.25, 0.3) is 16.9 Å². The predicted molar refractivity (Wildman–Crippen MR) is 184 cm³/mol. The highest BCUT2D eigenvalue weighted by Gasteiger charge is 2.29. The number of unbranched alkanes of at least 4 members (excludes halogenated alkanes) is 9. The Hall–Kier alpha value is -2.48. The number of rotatable bonds is 21. The van der Waals surface area contributed by atoms with Gasteiger partial charge < -0.3 is 5.53 Å². The van der Waals surface area contributed by atoms with Crippen molar-refractivity contribution in [3.05, 3.63) is 87.0 Å². The molecule has 0 saturated carbocycles. The summed E-state index contributed by atoms with van der Waals surface area (Å²) in [5.74, 6) is 0. The van der Waals surface area contributed by atoms with E-state index in [-0.39, 0.29) is 0 Å². The quantitative estimate of drug-likeness (QED) is 0.106. The molecule has 0 saturated heterocycles. The van der Waals surface area contributed by atoms with Crippen LogP contribution in [0.2, 0.25) is 0 Å². The zero-order valence-electron chi connectivity index (χ0n) is 27.9. The van der Waals surface area contributed by atoms with E-state index >= 15 is 0 Å². The van der Waals surface area contributed by atoms with E-state index in [0.717, 1.165) is 61.9 Å². The van der Waals surface area contributed by atoms with Gasteiger partial charge in [-0.1, -0.05) is 105 Å². The van der Waals surface area contributed by atoms with Crippen LogP contribution in [0.15, 0.2) is 48.0 Å². The summed E-state index contributed by atoms with van der Waals surface area (Å²) in [5.41, 5.74) is 23.2. The Labute approximate surface area is 259 Å². The second-order valence-electron chi connectivity index (χ2n) is 12.7. The largest absolute Gasteiger partial charge is 0.493 e. The van der Waals surface area contributed by atoms with Crippen molar-refractivity contribution >= 4 is 11.4 Å². The van der Waals surface area contributed by atoms with Crippen LogP contribution in [-0.2, 0) is 25.7 Å². The summed E-state index contributed by atoms with van der Waals surface area (Å²) in [6.45, 7) is 11.4. The van der Waals surface area contributed by atoms with E-state index in [1.807, 2.05) is 0 Å². The van der Waals surface area contributed by atoms with E-state index in [1.54, 1.807) is 4.70 Å². The van der Waals surface area contributed by atoms with E-state index in [0.29, 0.717) is 0 Å². The molecule has 0 spiro atoms. The summed E-state index contributed by atoms with van der Waals surface area (Å²) >= 11 is 0. The average molecular weight is 569 g/mol. The van der Waals surface area contributed by atoms with Crippen molar-refractivity contribution < 1.29 is 4.70 Å². The third-order valence-corrected chi connectivity index (χ3v) is 8.81. The molecule has 0 atom stereocenters. The van der Waals surface area contributed by atoms with Crippen LogP contribution >= 0.6 is 0 Å². The first kappa shape index (κ1) is 34.0. The average Bonchev–Trinajstić information content (AvgIpc) is 3.33. The number of hydrogen-bond acceptors (Lipinski definition) is 0. The van der Waals surface area contributed by atoms with Crippen molar-refractivity contribution in [1.82, 2.24) is 0 Å². The van der Waals surface area contributed by atoms with Gasteiger partial charge in [-0.3, -0.25) is 0 Å². The van der Waals surface area contributed by atoms with Crippen LogP contribution in [0.5, 0.6) is 0 Å². The maximum absolute atomic E-state index is 11.9. The molecule has 1 heterocycles. The minimum atomic E-state index is 0.949. The minimum absolute atomic E-state index is 0.949. The van der Waals surface area contributed by atoms with Gasteiger partial charge in [0.2, 0.25) is 11.4 Å². The Kier molecular flexibility index (Phi) is 15.3. The summed E-state index contributed by atoms with van der Waals surface area (Å²) in [7, 11) is 0. The number of aryl methyl sites for hydroxylation is 4. The van der Waals surface area contributed by atoms with Gasteiger partial charge in [-0.25, -0.2) is 4.70 Å². The smallest absolute Gasteiger partial charge is 0.210 e. The van der Waals surface area contributed by atoms with E-state index in [4.69, 9.17) is 0 Å². The molecule has 0 fully saturated rings. The maximum atomic E-state index is 11.9. The fourth-order valence-electron chi connectivity index (χ4n) is 6.28. The lowest BCUT2D eigenvalue weighted by Gasteiger charge is -2.15. The zero-order chi connectivity index (χ0) is 30.2. The number of nitrogens with zero attached hydrogens (tertiary/aromatic N) is 2. The molecular formula is C40H60N2. The van der Waals surface area contributed by atoms with E-state index in [2.05, 4.69) is 77.1 Å². The summed E-state index contributed by atoms with van der Waals surface area (Å²) < 4.78 is 1.55. The number of allylic oxidation sites excluding steroid dienone is 2. The lowest BCUT2D eigenvalue weighted by atomic mass is 9.94. The molecule has 1 aliphatic heterocycles. The van der Waals surface area contributed by atoms with Gasteiger partial charge in [0, 0.05) is 22.8 Å². The minimum Gasteiger partial charge on any atom is -0.493 e. The van der Waals surface area contributed by atoms with Gasteiger partial charge in [-0.05, 0) is 111 Å². The number of hydrogen-bond donors (Lipinski definition) is 0. The molecule has 42 heavy (non-hydrogen) atoms. The predicted octanol–water partition coefficient (Wildman–Crippen LogP) is 12.6. The van der Waals surface area contributed by atoms with Gasteiger partial charge in [0.1, 0.15) is 0 Å². The maximum Gasteiger partial charge on any atom is 0.210 e. The van der Waals surface area contributed by atoms with Gasteiger partial charge in [0.05, 0.1) is 0 Å². The summed E-state index contributed by atoms with van der Waals surface area (Å²) in [4.78, 5) is 0. The van der Waals surface area contributed by atoms with Crippen molar-refractivity contribution in [3.63, 3.8) is 0 Å². The van der Waals surface area contributed by atoms with Crippen molar-refractivity contribution in [2.24, 2.45) is 0 Å². The van der Waals surface area contributed by atoms with Gasteiger partial charge in [-0.15, -0.1) is 0 Å². The standard InChI is InChI=1S/C40H60N2/c1-6-11-16-18-22-34-26-35(23-19-17-12-7-2)30-38(29-34)40-36(24-15-10-5)31-39(42(40)41)37-27-32(20-13-8-3)25-33(28-37)21-14-9-4/h25-31H,6-24H2,1-5H3. The number of benzene rings is 2. The lowest BCUT2D eigenvalue weighted by Crippen LogP contribution is -2.05. The highest BCUT2D eigenvalue weighted by Crippen LogP contribution is 2.39. The Balaban J connectivity index is 2.00. The molecule has 230 valence electrons. The van der Waals surface area contributed by atoms with Crippen molar-refractivity contribution in [3.8, 4) is 0 Å². The third kappa shape index (κ3) is 10.4. The molecule has 0 N–H and O–H groups in total. The first-order valence-electron chi connectivity index (χ1n) is 17.7. The Morgan fingerprint density at radius 1 is 0.452 bits per heavy atom. The molecule has 0 aromatic heterocycles. The van der Waals surface area contributed by atoms with Crippen LogP contribution in [0.1, 0.15) is 164 Å². The normalized spacial score (nSPS) is 13.4. The zero-order valence-corrected chi connectivity index (χ0v) is 27.9. The highest BCUT2D eigenvalue weighted by molar-refractivity contribution is 5.79. The summed E-state index contributed by atoms with van der Waals surface area (Å²) in [6.07, 6.45) is 25.1. The fourth-order valence-corrected chi connectivity index (χ4v) is 6.28. The van der Waals surface area contributed by atoms with Crippen molar-refractivity contribution in [1.29, 1.82) is 0 Å². The Morgan fingerprint density at radius 2 is 0.857 bits per heavy atom. The summed E-state index contributed by atoms with van der Waals surface area (Å²) in [6, 6.07) is 14.3. The first-order valence-corrected chi connectivity index (χ1v) is 17.7. The Morgan fingerprint density at radius 3 is 1.31 bits per heavy atom. The van der Waals surface area contributed by atoms with Gasteiger partial charge >= 0.3 is 0 Å². The third-order valence-electron chi connectivity index (χ3n) is 8.81. The molecule has 0 aliphatic carbocycles. The molecule has 2 aromatic carbocycles. The lowest BCUT2D eigenvalue weighted by molar-refractivity contribution is -0.344. The van der Waals surface area contributed by atoms with Crippen LogP contribution in [-0.4, -0.2) is 4.70 Å². The van der Waals surface area contributed by atoms with Gasteiger partial charge in [0.25, 0.3) is 0 Å². The molecule has 2 aromatic rings. The molecular weight excluding hydrogens is 508 g/mol. The second-order valence-corrected chi connectivity index (χ2v) is 12.7. The van der Waals surface area contributed by atoms with Crippen molar-refractivity contribution in [2.45, 2.75) is 157 Å². The molecule has 1 aliphatic rings. The van der Waals surface area contributed by atoms with Gasteiger partial charge in [-0.2, -0.15) is 0 Å². The highest BCUT2D eigenvalue weighted by atomic mass is 15.2. The van der Waals surface area contributed by atoms with Gasteiger partial charge in [0.15, 0.2) is 0 Å². The SMILES string of the molecule is CCCCCCc1cc(CCCCCC)cc(C2=C(CCCC)C=C(c3cc(CCCC)cc(CCCC)c3)[N+]2=[N-])c1. The first-order chi connectivity index (χ1) is 20.5. The molecule has 2 heteroatoms. The second kappa shape index (κ2) is 18.9. The topological polar surface area (TPSA) is 25.3 Å². The summed E-state index contributed by atoms with van der Waals surface area (Å²) in [5, 5.41) is 0. The molecule has 0 radical (unpaired) electrons. The van der Waals surface area contributed by atoms with Crippen LogP contribution in [0.4, 0.5) is 0 Å². The molecule has 3 rings (SSSR count). The van der Waals surface area contributed by atoms with Crippen molar-refractivity contribution in [2.75, 3.05) is 0 Å². The molecule has 0 bridgehead atoms. The van der Waals surface area contributed by atoms with E-state index < -0.39 is 0 Å². The van der Waals surface area contributed by atoms with Crippen LogP contribution in [0, 0.1) is 0 Å². The molecule has 0 amide bonds. The Bertz CT molecular complexity index is 1130. The monoisotopic (exact) mass is 568 g/mol.